The molecule has 4 aromatic rings. The number of sulfone groups is 1. The molecule has 0 N–H and O–H groups in total. The molecule has 182 valence electrons. The molecule has 0 bridgehead atoms. The Morgan fingerprint density at radius 2 is 1.86 bits per heavy atom. The molecule has 2 aromatic carbocycles. The van der Waals surface area contributed by atoms with Gasteiger partial charge in [-0.25, -0.2) is 13.4 Å². The summed E-state index contributed by atoms with van der Waals surface area (Å²) in [5.41, 5.74) is 2.13. The number of aromatic nitrogens is 2. The van der Waals surface area contributed by atoms with Crippen molar-refractivity contribution in [3.8, 4) is 5.75 Å². The number of carbonyl (C=O) groups is 1. The van der Waals surface area contributed by atoms with Crippen LogP contribution in [0.4, 0.5) is 5.13 Å². The average molecular weight is 530 g/mol. The predicted molar refractivity (Wildman–Crippen MR) is 139 cm³/mol. The minimum atomic E-state index is -3.38. The Morgan fingerprint density at radius 1 is 1.11 bits per heavy atom. The van der Waals surface area contributed by atoms with Crippen molar-refractivity contribution in [3.63, 3.8) is 0 Å². The quantitative estimate of drug-likeness (QED) is 0.307. The molecule has 10 heteroatoms. The van der Waals surface area contributed by atoms with E-state index in [2.05, 4.69) is 9.97 Å². The topological polar surface area (TPSA) is 89.5 Å². The smallest absolute Gasteiger partial charge is 0.233 e. The maximum Gasteiger partial charge on any atom is 0.233 e. The number of carbonyl (C=O) groups excluding carboxylic acids is 1. The number of anilines is 1. The lowest BCUT2D eigenvalue weighted by Gasteiger charge is -2.20. The van der Waals surface area contributed by atoms with Gasteiger partial charge in [0, 0.05) is 12.4 Å². The molecular weight excluding hydrogens is 506 g/mol. The van der Waals surface area contributed by atoms with Crippen LogP contribution >= 0.6 is 22.9 Å². The summed E-state index contributed by atoms with van der Waals surface area (Å²) < 4.78 is 31.0. The number of halogens is 1. The van der Waals surface area contributed by atoms with Crippen LogP contribution in [0, 0.1) is 0 Å². The molecule has 0 aliphatic carbocycles. The summed E-state index contributed by atoms with van der Waals surface area (Å²) in [5, 5.41) is 0.493. The second-order valence-electron chi connectivity index (χ2n) is 8.18. The first kappa shape index (κ1) is 25.1. The van der Waals surface area contributed by atoms with Gasteiger partial charge >= 0.3 is 0 Å². The minimum absolute atomic E-state index is 0.0725. The highest BCUT2D eigenvalue weighted by molar-refractivity contribution is 7.92. The van der Waals surface area contributed by atoms with E-state index in [1.165, 1.54) is 11.3 Å². The number of ether oxygens (including phenoxy) is 1. The Kier molecular flexibility index (Phi) is 7.39. The third-order valence-corrected chi connectivity index (χ3v) is 9.20. The average Bonchev–Trinajstić information content (AvgIpc) is 3.30. The van der Waals surface area contributed by atoms with Crippen LogP contribution in [0.25, 0.3) is 10.2 Å². The van der Waals surface area contributed by atoms with E-state index < -0.39 is 15.1 Å². The number of amides is 1. The molecule has 2 heterocycles. The molecular formula is C25H24ClN3O4S2. The van der Waals surface area contributed by atoms with Gasteiger partial charge in [-0.2, -0.15) is 0 Å². The number of pyridine rings is 1. The number of fused-ring (bicyclic) bond motifs is 1. The van der Waals surface area contributed by atoms with Crippen LogP contribution in [-0.2, 0) is 27.6 Å². The van der Waals surface area contributed by atoms with Gasteiger partial charge < -0.3 is 4.74 Å². The van der Waals surface area contributed by atoms with Crippen molar-refractivity contribution >= 4 is 54.0 Å². The highest BCUT2D eigenvalue weighted by Crippen LogP contribution is 2.39. The molecule has 7 nitrogen and oxygen atoms in total. The lowest BCUT2D eigenvalue weighted by atomic mass is 10.1. The van der Waals surface area contributed by atoms with E-state index in [4.69, 9.17) is 16.3 Å². The molecule has 0 atom stereocenters. The Hall–Kier alpha value is -3.01. The fraction of sp³-hybridized carbons (Fsp3) is 0.240. The normalized spacial score (nSPS) is 11.7. The number of methoxy groups -OCH3 is 1. The molecule has 2 aromatic heterocycles. The van der Waals surface area contributed by atoms with Gasteiger partial charge in [-0.1, -0.05) is 41.1 Å². The zero-order valence-corrected chi connectivity index (χ0v) is 21.8. The third-order valence-electron chi connectivity index (χ3n) is 5.49. The highest BCUT2D eigenvalue weighted by Gasteiger charge is 2.24. The van der Waals surface area contributed by atoms with Crippen LogP contribution in [0.3, 0.4) is 0 Å². The second-order valence-corrected chi connectivity index (χ2v) is 12.1. The second kappa shape index (κ2) is 10.3. The first-order valence-corrected chi connectivity index (χ1v) is 13.6. The summed E-state index contributed by atoms with van der Waals surface area (Å²) >= 11 is 7.71. The first-order chi connectivity index (χ1) is 16.7. The Balaban J connectivity index is 1.68. The third kappa shape index (κ3) is 5.32. The lowest BCUT2D eigenvalue weighted by Crippen LogP contribution is -2.31. The number of thiazole rings is 1. The summed E-state index contributed by atoms with van der Waals surface area (Å²) in [4.78, 5) is 24.2. The molecule has 0 saturated carbocycles. The minimum Gasteiger partial charge on any atom is -0.494 e. The monoisotopic (exact) mass is 529 g/mol. The molecule has 4 rings (SSSR count). The van der Waals surface area contributed by atoms with E-state index in [1.807, 2.05) is 12.1 Å². The van der Waals surface area contributed by atoms with E-state index in [0.717, 1.165) is 10.3 Å². The van der Waals surface area contributed by atoms with Crippen LogP contribution in [-0.4, -0.2) is 36.7 Å². The van der Waals surface area contributed by atoms with Crippen LogP contribution in [0.2, 0.25) is 5.02 Å². The highest BCUT2D eigenvalue weighted by atomic mass is 35.5. The van der Waals surface area contributed by atoms with Gasteiger partial charge in [-0.05, 0) is 55.3 Å². The summed E-state index contributed by atoms with van der Waals surface area (Å²) in [6.45, 7) is 3.55. The van der Waals surface area contributed by atoms with E-state index in [0.29, 0.717) is 27.0 Å². The van der Waals surface area contributed by atoms with Crippen LogP contribution in [0.1, 0.15) is 25.0 Å². The Bertz CT molecular complexity index is 1450. The molecule has 0 aliphatic rings. The van der Waals surface area contributed by atoms with Crippen molar-refractivity contribution in [3.05, 3.63) is 77.1 Å². The van der Waals surface area contributed by atoms with Crippen molar-refractivity contribution in [2.45, 2.75) is 37.0 Å². The number of rotatable bonds is 8. The zero-order chi connectivity index (χ0) is 25.2. The Labute approximate surface area is 213 Å². The first-order valence-electron chi connectivity index (χ1n) is 10.9. The number of nitrogens with zero attached hydrogens (tertiary/aromatic N) is 3. The van der Waals surface area contributed by atoms with Gasteiger partial charge in [0.2, 0.25) is 5.91 Å². The van der Waals surface area contributed by atoms with Crippen molar-refractivity contribution in [1.82, 2.24) is 9.97 Å². The lowest BCUT2D eigenvalue weighted by molar-refractivity contribution is -0.118. The van der Waals surface area contributed by atoms with Gasteiger partial charge in [0.15, 0.2) is 15.0 Å². The molecule has 0 aliphatic heterocycles. The van der Waals surface area contributed by atoms with Crippen LogP contribution < -0.4 is 9.64 Å². The Morgan fingerprint density at radius 3 is 2.49 bits per heavy atom. The molecule has 0 radical (unpaired) electrons. The van der Waals surface area contributed by atoms with Gasteiger partial charge in [0.25, 0.3) is 0 Å². The van der Waals surface area contributed by atoms with Gasteiger partial charge in [0.05, 0.1) is 39.9 Å². The van der Waals surface area contributed by atoms with Crippen LogP contribution in [0.5, 0.6) is 5.75 Å². The van der Waals surface area contributed by atoms with Gasteiger partial charge in [0.1, 0.15) is 11.3 Å². The number of hydrogen-bond acceptors (Lipinski definition) is 7. The fourth-order valence-electron chi connectivity index (χ4n) is 3.50. The van der Waals surface area contributed by atoms with E-state index >= 15 is 0 Å². The largest absolute Gasteiger partial charge is 0.494 e. The molecule has 0 unspecified atom stereocenters. The maximum absolute atomic E-state index is 13.5. The SMILES string of the molecule is COc1ccc(Cl)c2sc(N(Cc3cccnc3)C(=O)Cc3ccc(S(=O)(=O)C(C)C)cc3)nc12. The molecule has 0 spiro atoms. The van der Waals surface area contributed by atoms with Crippen LogP contribution in [0.15, 0.2) is 65.8 Å². The summed E-state index contributed by atoms with van der Waals surface area (Å²) in [6, 6.07) is 13.6. The van der Waals surface area contributed by atoms with Crippen molar-refractivity contribution in [1.29, 1.82) is 0 Å². The number of hydrogen-bond donors (Lipinski definition) is 0. The molecule has 35 heavy (non-hydrogen) atoms. The number of benzene rings is 2. The van der Waals surface area contributed by atoms with Gasteiger partial charge in [-0.3, -0.25) is 14.7 Å². The maximum atomic E-state index is 13.5. The van der Waals surface area contributed by atoms with E-state index in [-0.39, 0.29) is 23.8 Å². The fourth-order valence-corrected chi connectivity index (χ4v) is 5.83. The van der Waals surface area contributed by atoms with Crippen molar-refractivity contribution in [2.75, 3.05) is 12.0 Å². The molecule has 0 saturated heterocycles. The summed E-state index contributed by atoms with van der Waals surface area (Å²) in [5.74, 6) is 0.380. The summed E-state index contributed by atoms with van der Waals surface area (Å²) in [6.07, 6.45) is 3.44. The molecule has 0 fully saturated rings. The molecule has 1 amide bonds. The van der Waals surface area contributed by atoms with Crippen molar-refractivity contribution < 1.29 is 17.9 Å². The zero-order valence-electron chi connectivity index (χ0n) is 19.4. The van der Waals surface area contributed by atoms with E-state index in [9.17, 15) is 13.2 Å². The summed E-state index contributed by atoms with van der Waals surface area (Å²) in [7, 11) is -1.82. The van der Waals surface area contributed by atoms with E-state index in [1.54, 1.807) is 74.6 Å². The van der Waals surface area contributed by atoms with Crippen molar-refractivity contribution in [2.24, 2.45) is 0 Å². The van der Waals surface area contributed by atoms with Gasteiger partial charge in [-0.15, -0.1) is 0 Å². The standard InChI is InChI=1S/C25H24ClN3O4S2/c1-16(2)35(31,32)19-8-6-17(7-9-19)13-22(30)29(15-18-5-4-12-27-14-18)25-28-23-21(33-3)11-10-20(26)24(23)34-25/h4-12,14,16H,13,15H2,1-3H3. The predicted octanol–water partition coefficient (Wildman–Crippen LogP) is 5.31.